The quantitative estimate of drug-likeness (QED) is 0.457. The van der Waals surface area contributed by atoms with Gasteiger partial charge in [0.2, 0.25) is 0 Å². The van der Waals surface area contributed by atoms with Crippen LogP contribution in [0, 0.1) is 6.92 Å². The summed E-state index contributed by atoms with van der Waals surface area (Å²) in [5.74, 6) is 1.35. The van der Waals surface area contributed by atoms with Gasteiger partial charge in [-0.25, -0.2) is 0 Å². The summed E-state index contributed by atoms with van der Waals surface area (Å²) < 4.78 is 5.93. The Labute approximate surface area is 152 Å². The number of benzene rings is 2. The van der Waals surface area contributed by atoms with Crippen LogP contribution in [-0.2, 0) is 0 Å². The normalized spacial score (nSPS) is 10.9. The molecule has 0 aliphatic rings. The largest absolute Gasteiger partial charge is 0.491 e. The third kappa shape index (κ3) is 4.94. The number of hydrogen-bond acceptors (Lipinski definition) is 2. The highest BCUT2D eigenvalue weighted by Gasteiger charge is 2.09. The summed E-state index contributed by atoms with van der Waals surface area (Å²) in [6.45, 7) is 7.52. The van der Waals surface area contributed by atoms with Crippen LogP contribution in [0.15, 0.2) is 30.3 Å². The third-order valence-electron chi connectivity index (χ3n) is 3.48. The average Bonchev–Trinajstić information content (AvgIpc) is 2.48. The van der Waals surface area contributed by atoms with Gasteiger partial charge in [-0.1, -0.05) is 60.8 Å². The molecule has 23 heavy (non-hydrogen) atoms. The maximum atomic E-state index is 6.14. The van der Waals surface area contributed by atoms with Crippen molar-refractivity contribution in [2.75, 3.05) is 18.5 Å². The zero-order valence-electron chi connectivity index (χ0n) is 13.4. The maximum absolute atomic E-state index is 6.14. The number of rotatable bonds is 6. The van der Waals surface area contributed by atoms with Crippen LogP contribution in [0.3, 0.4) is 0 Å². The molecule has 2 rings (SSSR count). The van der Waals surface area contributed by atoms with Crippen molar-refractivity contribution in [3.05, 3.63) is 56.5 Å². The highest BCUT2D eigenvalue weighted by Crippen LogP contribution is 2.32. The van der Waals surface area contributed by atoms with E-state index in [4.69, 9.17) is 39.5 Å². The van der Waals surface area contributed by atoms with Crippen LogP contribution in [0.4, 0.5) is 5.69 Å². The summed E-state index contributed by atoms with van der Waals surface area (Å²) in [6, 6.07) is 9.65. The molecule has 0 aromatic heterocycles. The van der Waals surface area contributed by atoms with Gasteiger partial charge in [-0.05, 0) is 42.2 Å². The van der Waals surface area contributed by atoms with Crippen LogP contribution in [0.1, 0.15) is 30.9 Å². The van der Waals surface area contributed by atoms with E-state index >= 15 is 0 Å². The Morgan fingerprint density at radius 2 is 1.70 bits per heavy atom. The van der Waals surface area contributed by atoms with Gasteiger partial charge in [-0.15, -0.1) is 0 Å². The fraction of sp³-hybridized carbons (Fsp3) is 0.333. The van der Waals surface area contributed by atoms with Crippen molar-refractivity contribution in [2.24, 2.45) is 0 Å². The number of halogens is 3. The Hall–Kier alpha value is -1.09. The van der Waals surface area contributed by atoms with Crippen LogP contribution in [0.2, 0.25) is 15.1 Å². The molecule has 0 aliphatic heterocycles. The molecule has 5 heteroatoms. The van der Waals surface area contributed by atoms with Crippen molar-refractivity contribution in [1.29, 1.82) is 0 Å². The fourth-order valence-corrected chi connectivity index (χ4v) is 2.86. The molecule has 0 saturated heterocycles. The predicted octanol–water partition coefficient (Wildman–Crippen LogP) is 6.57. The first-order chi connectivity index (χ1) is 10.9. The van der Waals surface area contributed by atoms with E-state index < -0.39 is 0 Å². The Kier molecular flexibility index (Phi) is 6.46. The van der Waals surface area contributed by atoms with Crippen LogP contribution in [0.25, 0.3) is 0 Å². The minimum Gasteiger partial charge on any atom is -0.491 e. The first kappa shape index (κ1) is 18.3. The van der Waals surface area contributed by atoms with E-state index in [2.05, 4.69) is 44.3 Å². The fourth-order valence-electron chi connectivity index (χ4n) is 2.25. The van der Waals surface area contributed by atoms with Gasteiger partial charge in [0.05, 0.1) is 20.8 Å². The first-order valence-corrected chi connectivity index (χ1v) is 8.63. The van der Waals surface area contributed by atoms with Crippen molar-refractivity contribution in [3.8, 4) is 5.75 Å². The molecule has 0 radical (unpaired) electrons. The second-order valence-corrected chi connectivity index (χ2v) is 6.94. The smallest absolute Gasteiger partial charge is 0.123 e. The lowest BCUT2D eigenvalue weighted by Gasteiger charge is -2.16. The summed E-state index contributed by atoms with van der Waals surface area (Å²) in [5, 5.41) is 4.67. The molecule has 0 aliphatic carbocycles. The number of anilines is 1. The van der Waals surface area contributed by atoms with E-state index in [-0.39, 0.29) is 0 Å². The number of nitrogens with one attached hydrogen (secondary N) is 1. The Balaban J connectivity index is 1.96. The molecule has 0 heterocycles. The minimum absolute atomic E-state index is 0.420. The van der Waals surface area contributed by atoms with Gasteiger partial charge in [0.25, 0.3) is 0 Å². The molecule has 2 aromatic carbocycles. The molecular formula is C18H20Cl3NO. The van der Waals surface area contributed by atoms with E-state index in [1.165, 1.54) is 11.1 Å². The molecule has 0 amide bonds. The lowest BCUT2D eigenvalue weighted by molar-refractivity contribution is 0.328. The van der Waals surface area contributed by atoms with E-state index in [0.29, 0.717) is 34.1 Å². The molecule has 0 saturated carbocycles. The van der Waals surface area contributed by atoms with Crippen LogP contribution in [0.5, 0.6) is 5.75 Å². The van der Waals surface area contributed by atoms with Crippen molar-refractivity contribution in [1.82, 2.24) is 0 Å². The van der Waals surface area contributed by atoms with Crippen LogP contribution >= 0.6 is 34.8 Å². The summed E-state index contributed by atoms with van der Waals surface area (Å²) in [7, 11) is 0. The van der Waals surface area contributed by atoms with E-state index in [1.54, 1.807) is 12.1 Å². The molecule has 0 bridgehead atoms. The molecule has 0 atom stereocenters. The average molecular weight is 373 g/mol. The Bertz CT molecular complexity index is 686. The Morgan fingerprint density at radius 3 is 2.39 bits per heavy atom. The van der Waals surface area contributed by atoms with Gasteiger partial charge in [0, 0.05) is 6.54 Å². The summed E-state index contributed by atoms with van der Waals surface area (Å²) in [4.78, 5) is 0. The summed E-state index contributed by atoms with van der Waals surface area (Å²) in [6.07, 6.45) is 0. The van der Waals surface area contributed by atoms with Crippen molar-refractivity contribution < 1.29 is 4.74 Å². The minimum atomic E-state index is 0.420. The standard InChI is InChI=1S/C18H20Cl3NO/c1-11(2)13-5-4-12(3)8-18(13)23-7-6-22-17-10-15(20)14(19)9-16(17)21/h4-5,8-11,22H,6-7H2,1-3H3. The number of hydrogen-bond donors (Lipinski definition) is 1. The highest BCUT2D eigenvalue weighted by atomic mass is 35.5. The third-order valence-corrected chi connectivity index (χ3v) is 4.51. The van der Waals surface area contributed by atoms with Crippen LogP contribution in [-0.4, -0.2) is 13.2 Å². The van der Waals surface area contributed by atoms with Crippen molar-refractivity contribution >= 4 is 40.5 Å². The lowest BCUT2D eigenvalue weighted by Crippen LogP contribution is -2.13. The highest BCUT2D eigenvalue weighted by molar-refractivity contribution is 6.44. The van der Waals surface area contributed by atoms with Gasteiger partial charge < -0.3 is 10.1 Å². The van der Waals surface area contributed by atoms with Gasteiger partial charge in [0.15, 0.2) is 0 Å². The zero-order chi connectivity index (χ0) is 17.0. The van der Waals surface area contributed by atoms with Gasteiger partial charge >= 0.3 is 0 Å². The molecule has 0 fully saturated rings. The van der Waals surface area contributed by atoms with Crippen LogP contribution < -0.4 is 10.1 Å². The molecular weight excluding hydrogens is 353 g/mol. The monoisotopic (exact) mass is 371 g/mol. The predicted molar refractivity (Wildman–Crippen MR) is 101 cm³/mol. The van der Waals surface area contributed by atoms with Gasteiger partial charge in [-0.3, -0.25) is 0 Å². The van der Waals surface area contributed by atoms with Crippen molar-refractivity contribution in [2.45, 2.75) is 26.7 Å². The maximum Gasteiger partial charge on any atom is 0.123 e. The topological polar surface area (TPSA) is 21.3 Å². The molecule has 2 aromatic rings. The summed E-state index contributed by atoms with van der Waals surface area (Å²) >= 11 is 18.1. The zero-order valence-corrected chi connectivity index (χ0v) is 15.7. The first-order valence-electron chi connectivity index (χ1n) is 7.50. The molecule has 1 N–H and O–H groups in total. The summed E-state index contributed by atoms with van der Waals surface area (Å²) in [5.41, 5.74) is 3.14. The Morgan fingerprint density at radius 1 is 1.00 bits per heavy atom. The van der Waals surface area contributed by atoms with Gasteiger partial charge in [-0.2, -0.15) is 0 Å². The SMILES string of the molecule is Cc1ccc(C(C)C)c(OCCNc2cc(Cl)c(Cl)cc2Cl)c1. The number of ether oxygens (including phenoxy) is 1. The molecule has 124 valence electrons. The van der Waals surface area contributed by atoms with Gasteiger partial charge in [0.1, 0.15) is 12.4 Å². The van der Waals surface area contributed by atoms with Crippen molar-refractivity contribution in [3.63, 3.8) is 0 Å². The van der Waals surface area contributed by atoms with E-state index in [1.807, 2.05) is 0 Å². The van der Waals surface area contributed by atoms with E-state index in [0.717, 1.165) is 11.4 Å². The second-order valence-electron chi connectivity index (χ2n) is 5.72. The lowest BCUT2D eigenvalue weighted by atomic mass is 10.0. The molecule has 0 spiro atoms. The molecule has 2 nitrogen and oxygen atoms in total. The number of aryl methyl sites for hydroxylation is 1. The molecule has 0 unspecified atom stereocenters. The van der Waals surface area contributed by atoms with E-state index in [9.17, 15) is 0 Å². The second kappa shape index (κ2) is 8.14.